The largest absolute Gasteiger partial charge is 0.360 e. The Labute approximate surface area is 169 Å². The fraction of sp³-hybridized carbons (Fsp3) is 0.261. The smallest absolute Gasteiger partial charge is 0.257 e. The number of benzene rings is 2. The molecular weight excluding hydrogens is 367 g/mol. The molecule has 0 atom stereocenters. The minimum Gasteiger partial charge on any atom is -0.360 e. The Morgan fingerprint density at radius 1 is 1.10 bits per heavy atom. The summed E-state index contributed by atoms with van der Waals surface area (Å²) in [5.74, 6) is 0.715. The van der Waals surface area contributed by atoms with E-state index in [1.807, 2.05) is 37.4 Å². The summed E-state index contributed by atoms with van der Waals surface area (Å²) in [6.07, 6.45) is 0.614. The highest BCUT2D eigenvalue weighted by Gasteiger charge is 2.28. The van der Waals surface area contributed by atoms with Gasteiger partial charge >= 0.3 is 0 Å². The predicted octanol–water partition coefficient (Wildman–Crippen LogP) is 3.94. The zero-order chi connectivity index (χ0) is 20.4. The summed E-state index contributed by atoms with van der Waals surface area (Å²) in [6, 6.07) is 16.0. The Bertz CT molecular complexity index is 1040. The maximum atomic E-state index is 14.1. The van der Waals surface area contributed by atoms with Gasteiger partial charge in [-0.05, 0) is 19.1 Å². The zero-order valence-corrected chi connectivity index (χ0v) is 16.6. The van der Waals surface area contributed by atoms with Crippen LogP contribution < -0.4 is 4.90 Å². The summed E-state index contributed by atoms with van der Waals surface area (Å²) in [4.78, 5) is 26.2. The number of carbonyl (C=O) groups is 1. The van der Waals surface area contributed by atoms with Crippen LogP contribution in [0.15, 0.2) is 54.6 Å². The van der Waals surface area contributed by atoms with Gasteiger partial charge in [-0.3, -0.25) is 4.79 Å². The van der Waals surface area contributed by atoms with Crippen LogP contribution in [0.4, 0.5) is 10.2 Å². The molecule has 0 radical (unpaired) electrons. The second kappa shape index (κ2) is 7.99. The number of hydrogen-bond donors (Lipinski definition) is 0. The normalized spacial score (nSPS) is 13.1. The number of nitrogens with zero attached hydrogens (tertiary/aromatic N) is 4. The van der Waals surface area contributed by atoms with Crippen molar-refractivity contribution in [2.75, 3.05) is 25.0 Å². The molecule has 0 aliphatic carbocycles. The fourth-order valence-corrected chi connectivity index (χ4v) is 3.56. The molecule has 4 rings (SSSR count). The summed E-state index contributed by atoms with van der Waals surface area (Å²) in [5, 5.41) is 0. The SMILES string of the molecule is CCN(C)c1nc(-c2ccccc2)nc2c1CN(C(=O)c1ccccc1F)CC2. The second-order valence-corrected chi connectivity index (χ2v) is 7.13. The number of aromatic nitrogens is 2. The van der Waals surface area contributed by atoms with Crippen molar-refractivity contribution >= 4 is 11.7 Å². The standard InChI is InChI=1S/C23H23FN4O/c1-3-27(2)22-18-15-28(23(29)17-11-7-8-12-19(17)24)14-13-20(18)25-21(26-22)16-9-5-4-6-10-16/h4-12H,3,13-15H2,1-2H3. The van der Waals surface area contributed by atoms with Crippen molar-refractivity contribution in [3.63, 3.8) is 0 Å². The van der Waals surface area contributed by atoms with Gasteiger partial charge in [-0.25, -0.2) is 14.4 Å². The highest BCUT2D eigenvalue weighted by atomic mass is 19.1. The maximum Gasteiger partial charge on any atom is 0.257 e. The van der Waals surface area contributed by atoms with E-state index in [-0.39, 0.29) is 11.5 Å². The maximum absolute atomic E-state index is 14.1. The Hall–Kier alpha value is -3.28. The fourth-order valence-electron chi connectivity index (χ4n) is 3.56. The third-order valence-corrected chi connectivity index (χ3v) is 5.30. The number of carbonyl (C=O) groups excluding carboxylic acids is 1. The van der Waals surface area contributed by atoms with Crippen molar-refractivity contribution in [3.05, 3.63) is 77.2 Å². The van der Waals surface area contributed by atoms with Crippen molar-refractivity contribution in [1.82, 2.24) is 14.9 Å². The lowest BCUT2D eigenvalue weighted by Crippen LogP contribution is -2.38. The molecular formula is C23H23FN4O. The van der Waals surface area contributed by atoms with Crippen LogP contribution in [0.1, 0.15) is 28.5 Å². The Morgan fingerprint density at radius 2 is 1.83 bits per heavy atom. The molecule has 0 bridgehead atoms. The third-order valence-electron chi connectivity index (χ3n) is 5.30. The molecule has 3 aromatic rings. The van der Waals surface area contributed by atoms with Gasteiger partial charge in [-0.15, -0.1) is 0 Å². The number of hydrogen-bond acceptors (Lipinski definition) is 4. The van der Waals surface area contributed by atoms with E-state index in [4.69, 9.17) is 9.97 Å². The average Bonchev–Trinajstić information content (AvgIpc) is 2.78. The number of halogens is 1. The molecule has 1 amide bonds. The van der Waals surface area contributed by atoms with Crippen LogP contribution in [0.2, 0.25) is 0 Å². The van der Waals surface area contributed by atoms with E-state index in [0.29, 0.717) is 25.3 Å². The second-order valence-electron chi connectivity index (χ2n) is 7.13. The summed E-state index contributed by atoms with van der Waals surface area (Å²) in [7, 11) is 1.98. The molecule has 0 N–H and O–H groups in total. The lowest BCUT2D eigenvalue weighted by atomic mass is 10.0. The van der Waals surface area contributed by atoms with E-state index in [9.17, 15) is 9.18 Å². The van der Waals surface area contributed by atoms with Gasteiger partial charge < -0.3 is 9.80 Å². The molecule has 0 saturated heterocycles. The van der Waals surface area contributed by atoms with Crippen LogP contribution in [0.5, 0.6) is 0 Å². The Balaban J connectivity index is 1.72. The minimum absolute atomic E-state index is 0.100. The van der Waals surface area contributed by atoms with Gasteiger partial charge in [-0.2, -0.15) is 0 Å². The first-order chi connectivity index (χ1) is 14.1. The lowest BCUT2D eigenvalue weighted by molar-refractivity contribution is 0.0729. The molecule has 2 heterocycles. The van der Waals surface area contributed by atoms with Crippen molar-refractivity contribution in [2.45, 2.75) is 19.9 Å². The molecule has 0 unspecified atom stereocenters. The van der Waals surface area contributed by atoms with E-state index < -0.39 is 5.82 Å². The van der Waals surface area contributed by atoms with E-state index in [2.05, 4.69) is 11.8 Å². The Kier molecular flexibility index (Phi) is 5.25. The van der Waals surface area contributed by atoms with Gasteiger partial charge in [0.05, 0.1) is 17.8 Å². The van der Waals surface area contributed by atoms with E-state index in [1.54, 1.807) is 17.0 Å². The van der Waals surface area contributed by atoms with Crippen molar-refractivity contribution < 1.29 is 9.18 Å². The monoisotopic (exact) mass is 390 g/mol. The number of amides is 1. The molecule has 1 aliphatic heterocycles. The molecule has 2 aromatic carbocycles. The highest BCUT2D eigenvalue weighted by molar-refractivity contribution is 5.94. The summed E-state index contributed by atoms with van der Waals surface area (Å²) in [5.41, 5.74) is 2.95. The zero-order valence-electron chi connectivity index (χ0n) is 16.6. The summed E-state index contributed by atoms with van der Waals surface area (Å²) < 4.78 is 14.1. The predicted molar refractivity (Wildman–Crippen MR) is 111 cm³/mol. The van der Waals surface area contributed by atoms with Crippen molar-refractivity contribution in [1.29, 1.82) is 0 Å². The van der Waals surface area contributed by atoms with Gasteiger partial charge in [-0.1, -0.05) is 42.5 Å². The molecule has 5 nitrogen and oxygen atoms in total. The van der Waals surface area contributed by atoms with Crippen molar-refractivity contribution in [3.8, 4) is 11.4 Å². The molecule has 6 heteroatoms. The molecule has 0 spiro atoms. The number of fused-ring (bicyclic) bond motifs is 1. The molecule has 148 valence electrons. The van der Waals surface area contributed by atoms with Crippen LogP contribution in [0.3, 0.4) is 0 Å². The number of anilines is 1. The first-order valence-electron chi connectivity index (χ1n) is 9.78. The molecule has 0 saturated carbocycles. The molecule has 1 aliphatic rings. The first kappa shape index (κ1) is 19.1. The third kappa shape index (κ3) is 3.70. The lowest BCUT2D eigenvalue weighted by Gasteiger charge is -2.31. The summed E-state index contributed by atoms with van der Waals surface area (Å²) in [6.45, 7) is 3.71. The summed E-state index contributed by atoms with van der Waals surface area (Å²) >= 11 is 0. The highest BCUT2D eigenvalue weighted by Crippen LogP contribution is 2.30. The topological polar surface area (TPSA) is 49.3 Å². The Morgan fingerprint density at radius 3 is 2.55 bits per heavy atom. The number of rotatable bonds is 4. The van der Waals surface area contributed by atoms with E-state index in [0.717, 1.165) is 29.2 Å². The minimum atomic E-state index is -0.495. The first-order valence-corrected chi connectivity index (χ1v) is 9.78. The van der Waals surface area contributed by atoms with E-state index in [1.165, 1.54) is 12.1 Å². The van der Waals surface area contributed by atoms with Gasteiger partial charge in [0, 0.05) is 37.7 Å². The molecule has 1 aromatic heterocycles. The van der Waals surface area contributed by atoms with E-state index >= 15 is 0 Å². The van der Waals surface area contributed by atoms with Crippen LogP contribution in [-0.4, -0.2) is 40.9 Å². The average molecular weight is 390 g/mol. The quantitative estimate of drug-likeness (QED) is 0.677. The van der Waals surface area contributed by atoms with Gasteiger partial charge in [0.25, 0.3) is 5.91 Å². The van der Waals surface area contributed by atoms with Crippen LogP contribution in [0.25, 0.3) is 11.4 Å². The van der Waals surface area contributed by atoms with Crippen LogP contribution in [0, 0.1) is 5.82 Å². The molecule has 29 heavy (non-hydrogen) atoms. The molecule has 0 fully saturated rings. The van der Waals surface area contributed by atoms with Gasteiger partial charge in [0.2, 0.25) is 0 Å². The van der Waals surface area contributed by atoms with Crippen molar-refractivity contribution in [2.24, 2.45) is 0 Å². The van der Waals surface area contributed by atoms with Crippen LogP contribution in [-0.2, 0) is 13.0 Å². The van der Waals surface area contributed by atoms with Crippen LogP contribution >= 0.6 is 0 Å². The van der Waals surface area contributed by atoms with Gasteiger partial charge in [0.15, 0.2) is 5.82 Å². The van der Waals surface area contributed by atoms with Gasteiger partial charge in [0.1, 0.15) is 11.6 Å².